The van der Waals surface area contributed by atoms with E-state index in [9.17, 15) is 9.59 Å². The number of carboxylic acids is 1. The van der Waals surface area contributed by atoms with Crippen LogP contribution < -0.4 is 10.1 Å². The van der Waals surface area contributed by atoms with Crippen molar-refractivity contribution in [3.63, 3.8) is 0 Å². The average molecular weight is 353 g/mol. The van der Waals surface area contributed by atoms with Gasteiger partial charge in [-0.1, -0.05) is 24.3 Å². The van der Waals surface area contributed by atoms with Gasteiger partial charge in [-0.05, 0) is 61.1 Å². The van der Waals surface area contributed by atoms with Crippen LogP contribution in [-0.2, 0) is 4.79 Å². The molecule has 1 fully saturated rings. The van der Waals surface area contributed by atoms with Crippen LogP contribution >= 0.6 is 0 Å². The average Bonchev–Trinajstić information content (AvgIpc) is 3.45. The quantitative estimate of drug-likeness (QED) is 0.791. The summed E-state index contributed by atoms with van der Waals surface area (Å²) in [4.78, 5) is 22.5. The number of rotatable bonds is 7. The third-order valence-corrected chi connectivity index (χ3v) is 4.56. The van der Waals surface area contributed by atoms with Gasteiger partial charge in [0, 0.05) is 6.92 Å². The second-order valence-corrected chi connectivity index (χ2v) is 6.80. The molecular formula is C21H23NO4. The molecule has 3 rings (SSSR count). The number of ether oxygens (including phenoxy) is 1. The Balaban J connectivity index is 1.82. The van der Waals surface area contributed by atoms with E-state index in [2.05, 4.69) is 17.4 Å². The minimum atomic E-state index is -0.977. The zero-order valence-electron chi connectivity index (χ0n) is 14.9. The highest BCUT2D eigenvalue weighted by atomic mass is 16.5. The first-order valence-electron chi connectivity index (χ1n) is 8.81. The first kappa shape index (κ1) is 18.0. The van der Waals surface area contributed by atoms with Crippen molar-refractivity contribution < 1.29 is 19.4 Å². The fourth-order valence-electron chi connectivity index (χ4n) is 3.05. The van der Waals surface area contributed by atoms with Crippen LogP contribution in [0.5, 0.6) is 5.75 Å². The molecule has 1 amide bonds. The van der Waals surface area contributed by atoms with Crippen molar-refractivity contribution >= 4 is 11.9 Å². The number of carbonyl (C=O) groups excluding carboxylic acids is 1. The van der Waals surface area contributed by atoms with Gasteiger partial charge < -0.3 is 15.2 Å². The number of aromatic carboxylic acids is 1. The van der Waals surface area contributed by atoms with Crippen LogP contribution in [-0.4, -0.2) is 23.0 Å². The Morgan fingerprint density at radius 2 is 1.69 bits per heavy atom. The smallest absolute Gasteiger partial charge is 0.335 e. The molecule has 1 aliphatic rings. The van der Waals surface area contributed by atoms with Gasteiger partial charge in [0.15, 0.2) is 0 Å². The lowest BCUT2D eigenvalue weighted by Crippen LogP contribution is -2.37. The highest BCUT2D eigenvalue weighted by Crippen LogP contribution is 2.40. The van der Waals surface area contributed by atoms with E-state index < -0.39 is 5.97 Å². The largest absolute Gasteiger partial charge is 0.484 e. The van der Waals surface area contributed by atoms with Crippen molar-refractivity contribution in [3.8, 4) is 5.75 Å². The Morgan fingerprint density at radius 1 is 1.08 bits per heavy atom. The molecule has 2 atom stereocenters. The van der Waals surface area contributed by atoms with Crippen molar-refractivity contribution in [1.29, 1.82) is 0 Å². The molecule has 5 heteroatoms. The van der Waals surface area contributed by atoms with Crippen molar-refractivity contribution in [2.24, 2.45) is 0 Å². The Bertz CT molecular complexity index is 779. The van der Waals surface area contributed by atoms with Gasteiger partial charge in [0.2, 0.25) is 5.91 Å². The summed E-state index contributed by atoms with van der Waals surface area (Å²) in [7, 11) is 0. The molecule has 2 N–H and O–H groups in total. The fraction of sp³-hybridized carbons (Fsp3) is 0.333. The van der Waals surface area contributed by atoms with Gasteiger partial charge in [0.25, 0.3) is 0 Å². The Hall–Kier alpha value is -2.82. The van der Waals surface area contributed by atoms with E-state index in [4.69, 9.17) is 9.84 Å². The Kier molecular flexibility index (Phi) is 5.26. The molecule has 0 radical (unpaired) electrons. The van der Waals surface area contributed by atoms with E-state index in [1.165, 1.54) is 37.5 Å². The summed E-state index contributed by atoms with van der Waals surface area (Å²) >= 11 is 0. The molecule has 26 heavy (non-hydrogen) atoms. The number of benzene rings is 2. The molecule has 2 aromatic rings. The predicted octanol–water partition coefficient (Wildman–Crippen LogP) is 3.91. The fourth-order valence-corrected chi connectivity index (χ4v) is 3.05. The maximum Gasteiger partial charge on any atom is 0.335 e. The van der Waals surface area contributed by atoms with Gasteiger partial charge in [-0.2, -0.15) is 0 Å². The number of hydrogen-bond acceptors (Lipinski definition) is 3. The number of nitrogens with one attached hydrogen (secondary N) is 1. The zero-order valence-corrected chi connectivity index (χ0v) is 14.9. The SMILES string of the molecule is CC(=O)NC(C)[C@H](Oc1ccc(C(=O)O)cc1)c1ccc(C2CC2)cc1. The van der Waals surface area contributed by atoms with Crippen LogP contribution in [0.4, 0.5) is 0 Å². The van der Waals surface area contributed by atoms with Crippen molar-refractivity contribution in [2.75, 3.05) is 0 Å². The summed E-state index contributed by atoms with van der Waals surface area (Å²) in [6.45, 7) is 3.37. The Labute approximate surface area is 153 Å². The van der Waals surface area contributed by atoms with Gasteiger partial charge in [-0.25, -0.2) is 4.79 Å². The number of carbonyl (C=O) groups is 2. The van der Waals surface area contributed by atoms with Crippen LogP contribution in [0.3, 0.4) is 0 Å². The molecule has 0 heterocycles. The van der Waals surface area contributed by atoms with Crippen molar-refractivity contribution in [3.05, 3.63) is 65.2 Å². The third kappa shape index (κ3) is 4.42. The summed E-state index contributed by atoms with van der Waals surface area (Å²) < 4.78 is 6.11. The molecule has 0 aromatic heterocycles. The summed E-state index contributed by atoms with van der Waals surface area (Å²) in [5.74, 6) is 0.139. The topological polar surface area (TPSA) is 75.6 Å². The van der Waals surface area contributed by atoms with Crippen LogP contribution in [0.15, 0.2) is 48.5 Å². The molecule has 0 spiro atoms. The van der Waals surface area contributed by atoms with Gasteiger partial charge in [-0.3, -0.25) is 4.79 Å². The lowest BCUT2D eigenvalue weighted by atomic mass is 10.00. The zero-order chi connectivity index (χ0) is 18.7. The highest BCUT2D eigenvalue weighted by Gasteiger charge is 2.25. The van der Waals surface area contributed by atoms with Gasteiger partial charge in [0.05, 0.1) is 11.6 Å². The molecule has 1 unspecified atom stereocenters. The molecule has 0 bridgehead atoms. The lowest BCUT2D eigenvalue weighted by Gasteiger charge is -2.26. The highest BCUT2D eigenvalue weighted by molar-refractivity contribution is 5.87. The number of hydrogen-bond donors (Lipinski definition) is 2. The summed E-state index contributed by atoms with van der Waals surface area (Å²) in [6.07, 6.45) is 2.12. The third-order valence-electron chi connectivity index (χ3n) is 4.56. The van der Waals surface area contributed by atoms with Crippen molar-refractivity contribution in [1.82, 2.24) is 5.32 Å². The maximum absolute atomic E-state index is 11.5. The molecule has 0 aliphatic heterocycles. The van der Waals surface area contributed by atoms with E-state index in [1.807, 2.05) is 19.1 Å². The molecule has 5 nitrogen and oxygen atoms in total. The monoisotopic (exact) mass is 353 g/mol. The minimum absolute atomic E-state index is 0.123. The molecule has 1 aliphatic carbocycles. The summed E-state index contributed by atoms with van der Waals surface area (Å²) in [5.41, 5.74) is 2.51. The van der Waals surface area contributed by atoms with E-state index in [0.29, 0.717) is 11.7 Å². The molecule has 1 saturated carbocycles. The van der Waals surface area contributed by atoms with Crippen molar-refractivity contribution in [2.45, 2.75) is 44.8 Å². The van der Waals surface area contributed by atoms with Crippen LogP contribution in [0.2, 0.25) is 0 Å². The van der Waals surface area contributed by atoms with Gasteiger partial charge in [0.1, 0.15) is 11.9 Å². The van der Waals surface area contributed by atoms with Crippen LogP contribution in [0.1, 0.15) is 60.2 Å². The first-order chi connectivity index (χ1) is 12.4. The maximum atomic E-state index is 11.5. The predicted molar refractivity (Wildman–Crippen MR) is 98.5 cm³/mol. The molecule has 2 aromatic carbocycles. The molecular weight excluding hydrogens is 330 g/mol. The number of carboxylic acid groups (broad SMARTS) is 1. The van der Waals surface area contributed by atoms with E-state index >= 15 is 0 Å². The van der Waals surface area contributed by atoms with Gasteiger partial charge >= 0.3 is 5.97 Å². The number of amides is 1. The van der Waals surface area contributed by atoms with E-state index in [0.717, 1.165) is 5.56 Å². The van der Waals surface area contributed by atoms with E-state index in [1.54, 1.807) is 12.1 Å². The summed E-state index contributed by atoms with van der Waals surface area (Å²) in [6, 6.07) is 14.4. The van der Waals surface area contributed by atoms with Crippen LogP contribution in [0, 0.1) is 0 Å². The second-order valence-electron chi connectivity index (χ2n) is 6.80. The lowest BCUT2D eigenvalue weighted by molar-refractivity contribution is -0.120. The molecule has 136 valence electrons. The standard InChI is InChI=1S/C21H23NO4/c1-13(22-14(2)23)20(17-7-5-16(6-8-17)15-3-4-15)26-19-11-9-18(10-12-19)21(24)25/h5-13,15,20H,3-4H2,1-2H3,(H,22,23)(H,24,25)/t13?,20-/m0/s1. The van der Waals surface area contributed by atoms with Crippen LogP contribution in [0.25, 0.3) is 0 Å². The summed E-state index contributed by atoms with van der Waals surface area (Å²) in [5, 5.41) is 11.9. The van der Waals surface area contributed by atoms with E-state index in [-0.39, 0.29) is 23.6 Å². The minimum Gasteiger partial charge on any atom is -0.484 e. The molecule has 0 saturated heterocycles. The first-order valence-corrected chi connectivity index (χ1v) is 8.81. The second kappa shape index (κ2) is 7.60. The Morgan fingerprint density at radius 3 is 2.19 bits per heavy atom. The normalized spacial score (nSPS) is 15.8. The van der Waals surface area contributed by atoms with Gasteiger partial charge in [-0.15, -0.1) is 0 Å².